The number of ether oxygens (including phenoxy) is 1. The summed E-state index contributed by atoms with van der Waals surface area (Å²) >= 11 is 0. The van der Waals surface area contributed by atoms with E-state index in [0.29, 0.717) is 32.5 Å². The summed E-state index contributed by atoms with van der Waals surface area (Å²) in [4.78, 5) is 32.6. The van der Waals surface area contributed by atoms with Crippen molar-refractivity contribution in [2.24, 2.45) is 0 Å². The minimum atomic E-state index is -0.654. The highest BCUT2D eigenvalue weighted by atomic mass is 16.5. The molecule has 7 nitrogen and oxygen atoms in total. The van der Waals surface area contributed by atoms with Gasteiger partial charge in [-0.2, -0.15) is 0 Å². The van der Waals surface area contributed by atoms with E-state index in [4.69, 9.17) is 4.74 Å². The molecule has 18 heavy (non-hydrogen) atoms. The van der Waals surface area contributed by atoms with Crippen molar-refractivity contribution in [1.82, 2.24) is 16.0 Å². The number of carbonyl (C=O) groups is 3. The van der Waals surface area contributed by atoms with Crippen LogP contribution in [0.5, 0.6) is 0 Å². The van der Waals surface area contributed by atoms with Gasteiger partial charge in [-0.05, 0) is 19.3 Å². The molecule has 3 N–H and O–H groups in total. The van der Waals surface area contributed by atoms with Crippen LogP contribution >= 0.6 is 0 Å². The maximum atomic E-state index is 11.4. The third-order valence-electron chi connectivity index (χ3n) is 2.59. The van der Waals surface area contributed by atoms with E-state index >= 15 is 0 Å². The first-order valence-electron chi connectivity index (χ1n) is 6.08. The lowest BCUT2D eigenvalue weighted by molar-refractivity contribution is -0.139. The zero-order valence-corrected chi connectivity index (χ0v) is 10.2. The van der Waals surface area contributed by atoms with Gasteiger partial charge in [-0.1, -0.05) is 0 Å². The average Bonchev–Trinajstić information content (AvgIpc) is 2.88. The summed E-state index contributed by atoms with van der Waals surface area (Å²) in [6.07, 6.45) is 3.12. The van der Waals surface area contributed by atoms with Gasteiger partial charge in [0.05, 0.1) is 6.10 Å². The quantitative estimate of drug-likeness (QED) is 0.295. The van der Waals surface area contributed by atoms with Crippen LogP contribution in [0.15, 0.2) is 0 Å². The average molecular weight is 257 g/mol. The van der Waals surface area contributed by atoms with Crippen molar-refractivity contribution < 1.29 is 19.1 Å². The molecule has 102 valence electrons. The molecule has 1 fully saturated rings. The Morgan fingerprint density at radius 1 is 1.22 bits per heavy atom. The number of nitrogens with one attached hydrogen (secondary N) is 3. The molecule has 0 bridgehead atoms. The largest absolute Gasteiger partial charge is 0.376 e. The zero-order valence-electron chi connectivity index (χ0n) is 10.2. The van der Waals surface area contributed by atoms with E-state index in [1.54, 1.807) is 0 Å². The molecule has 1 unspecified atom stereocenters. The molecule has 1 aliphatic rings. The Hall–Kier alpha value is -1.63. The smallest absolute Gasteiger partial charge is 0.309 e. The van der Waals surface area contributed by atoms with Crippen molar-refractivity contribution in [3.8, 4) is 0 Å². The highest BCUT2D eigenvalue weighted by Crippen LogP contribution is 2.10. The first-order valence-corrected chi connectivity index (χ1v) is 6.08. The molecule has 0 aromatic rings. The number of amides is 3. The third-order valence-corrected chi connectivity index (χ3v) is 2.59. The van der Waals surface area contributed by atoms with Crippen LogP contribution in [0.1, 0.15) is 19.3 Å². The van der Waals surface area contributed by atoms with Gasteiger partial charge in [0.2, 0.25) is 6.41 Å². The SMILES string of the molecule is O=CNCCCNC(=O)C(=O)NCC1CCCO1. The van der Waals surface area contributed by atoms with E-state index in [-0.39, 0.29) is 6.10 Å². The summed E-state index contributed by atoms with van der Waals surface area (Å²) in [5.41, 5.74) is 0. The lowest BCUT2D eigenvalue weighted by atomic mass is 10.2. The second-order valence-corrected chi connectivity index (χ2v) is 4.03. The Morgan fingerprint density at radius 3 is 2.67 bits per heavy atom. The fourth-order valence-corrected chi connectivity index (χ4v) is 1.62. The second-order valence-electron chi connectivity index (χ2n) is 4.03. The molecule has 0 aromatic heterocycles. The molecule has 3 amide bonds. The van der Waals surface area contributed by atoms with Gasteiger partial charge in [-0.25, -0.2) is 0 Å². The molecule has 7 heteroatoms. The van der Waals surface area contributed by atoms with Crippen LogP contribution in [0.3, 0.4) is 0 Å². The van der Waals surface area contributed by atoms with Crippen molar-refractivity contribution in [1.29, 1.82) is 0 Å². The van der Waals surface area contributed by atoms with Gasteiger partial charge >= 0.3 is 11.8 Å². The molecule has 0 radical (unpaired) electrons. The molecular weight excluding hydrogens is 238 g/mol. The molecule has 0 aliphatic carbocycles. The first kappa shape index (κ1) is 14.4. The minimum Gasteiger partial charge on any atom is -0.376 e. The summed E-state index contributed by atoms with van der Waals surface area (Å²) in [6.45, 7) is 1.92. The topological polar surface area (TPSA) is 96.5 Å². The normalized spacial score (nSPS) is 18.1. The Balaban J connectivity index is 2.04. The van der Waals surface area contributed by atoms with Crippen LogP contribution in [0.25, 0.3) is 0 Å². The highest BCUT2D eigenvalue weighted by molar-refractivity contribution is 6.35. The molecule has 1 atom stereocenters. The van der Waals surface area contributed by atoms with Gasteiger partial charge in [0.25, 0.3) is 0 Å². The van der Waals surface area contributed by atoms with Crippen LogP contribution in [-0.2, 0) is 19.1 Å². The molecular formula is C11H19N3O4. The lowest BCUT2D eigenvalue weighted by Crippen LogP contribution is -2.43. The first-order chi connectivity index (χ1) is 8.74. The van der Waals surface area contributed by atoms with Gasteiger partial charge in [-0.3, -0.25) is 14.4 Å². The van der Waals surface area contributed by atoms with Gasteiger partial charge < -0.3 is 20.7 Å². The number of hydrogen-bond acceptors (Lipinski definition) is 4. The van der Waals surface area contributed by atoms with Gasteiger partial charge in [0.15, 0.2) is 0 Å². The van der Waals surface area contributed by atoms with E-state index < -0.39 is 11.8 Å². The van der Waals surface area contributed by atoms with E-state index in [1.807, 2.05) is 0 Å². The lowest BCUT2D eigenvalue weighted by Gasteiger charge is -2.10. The van der Waals surface area contributed by atoms with E-state index in [1.165, 1.54) is 0 Å². The maximum Gasteiger partial charge on any atom is 0.309 e. The molecule has 1 rings (SSSR count). The summed E-state index contributed by atoms with van der Waals surface area (Å²) in [5, 5.41) is 7.46. The van der Waals surface area contributed by atoms with Crippen molar-refractivity contribution >= 4 is 18.2 Å². The van der Waals surface area contributed by atoms with E-state index in [0.717, 1.165) is 19.4 Å². The Bertz CT molecular complexity index is 290. The Labute approximate surface area is 106 Å². The van der Waals surface area contributed by atoms with E-state index in [2.05, 4.69) is 16.0 Å². The fourth-order valence-electron chi connectivity index (χ4n) is 1.62. The maximum absolute atomic E-state index is 11.4. The van der Waals surface area contributed by atoms with Crippen LogP contribution in [0.4, 0.5) is 0 Å². The third kappa shape index (κ3) is 5.62. The highest BCUT2D eigenvalue weighted by Gasteiger charge is 2.18. The van der Waals surface area contributed by atoms with Crippen molar-refractivity contribution in [3.05, 3.63) is 0 Å². The summed E-state index contributed by atoms with van der Waals surface area (Å²) in [7, 11) is 0. The standard InChI is InChI=1S/C11H19N3O4/c15-8-12-4-2-5-13-10(16)11(17)14-7-9-3-1-6-18-9/h8-9H,1-7H2,(H,12,15)(H,13,16)(H,14,17). The van der Waals surface area contributed by atoms with Gasteiger partial charge in [-0.15, -0.1) is 0 Å². The zero-order chi connectivity index (χ0) is 13.2. The van der Waals surface area contributed by atoms with Crippen LogP contribution in [0, 0.1) is 0 Å². The number of rotatable bonds is 7. The van der Waals surface area contributed by atoms with Gasteiger partial charge in [0, 0.05) is 26.2 Å². The van der Waals surface area contributed by atoms with Crippen LogP contribution in [-0.4, -0.2) is 50.6 Å². The predicted molar refractivity (Wildman–Crippen MR) is 63.7 cm³/mol. The monoisotopic (exact) mass is 257 g/mol. The molecule has 0 saturated carbocycles. The molecule has 1 saturated heterocycles. The van der Waals surface area contributed by atoms with Crippen LogP contribution < -0.4 is 16.0 Å². The van der Waals surface area contributed by atoms with Crippen molar-refractivity contribution in [2.75, 3.05) is 26.2 Å². The number of hydrogen-bond donors (Lipinski definition) is 3. The Morgan fingerprint density at radius 2 is 2.00 bits per heavy atom. The summed E-state index contributed by atoms with van der Waals surface area (Å²) in [5.74, 6) is -1.30. The van der Waals surface area contributed by atoms with E-state index in [9.17, 15) is 14.4 Å². The molecule has 1 heterocycles. The summed E-state index contributed by atoms with van der Waals surface area (Å²) < 4.78 is 5.32. The molecule has 0 spiro atoms. The van der Waals surface area contributed by atoms with Crippen LogP contribution in [0.2, 0.25) is 0 Å². The van der Waals surface area contributed by atoms with Gasteiger partial charge in [0.1, 0.15) is 0 Å². The summed E-state index contributed by atoms with van der Waals surface area (Å²) in [6, 6.07) is 0. The molecule has 1 aliphatic heterocycles. The Kier molecular flexibility index (Phi) is 6.78. The second kappa shape index (κ2) is 8.46. The predicted octanol–water partition coefficient (Wildman–Crippen LogP) is -1.47. The van der Waals surface area contributed by atoms with Crippen molar-refractivity contribution in [2.45, 2.75) is 25.4 Å². The minimum absolute atomic E-state index is 0.0264. The number of carbonyl (C=O) groups excluding carboxylic acids is 3. The molecule has 0 aromatic carbocycles. The van der Waals surface area contributed by atoms with Crippen molar-refractivity contribution in [3.63, 3.8) is 0 Å². The fraction of sp³-hybridized carbons (Fsp3) is 0.727.